The van der Waals surface area contributed by atoms with Gasteiger partial charge in [-0.25, -0.2) is 4.39 Å². The molecule has 0 bridgehead atoms. The molecule has 0 atom stereocenters. The van der Waals surface area contributed by atoms with Crippen molar-refractivity contribution in [3.8, 4) is 23.1 Å². The number of hydrogen-bond donors (Lipinski definition) is 0. The molecular weight excluding hydrogens is 507 g/mol. The van der Waals surface area contributed by atoms with Gasteiger partial charge in [-0.15, -0.1) is 0 Å². The summed E-state index contributed by atoms with van der Waals surface area (Å²) in [5.74, 6) is -0.967. The molecule has 3 heterocycles. The van der Waals surface area contributed by atoms with Crippen LogP contribution in [-0.4, -0.2) is 24.7 Å². The number of aryl methyl sites for hydroxylation is 1. The summed E-state index contributed by atoms with van der Waals surface area (Å²) in [5, 5.41) is 24.6. The zero-order valence-electron chi connectivity index (χ0n) is 17.8. The lowest BCUT2D eigenvalue weighted by atomic mass is 9.98. The number of nitrogens with zero attached hydrogens (tertiary/aromatic N) is 6. The first-order chi connectivity index (χ1) is 16.4. The molecule has 0 fully saturated rings. The maximum Gasteiger partial charge on any atom is 0.406 e. The average Bonchev–Trinajstić information content (AvgIpc) is 3.17. The van der Waals surface area contributed by atoms with Crippen molar-refractivity contribution in [1.82, 2.24) is 19.7 Å². The van der Waals surface area contributed by atoms with Crippen LogP contribution in [0.3, 0.4) is 0 Å². The van der Waals surface area contributed by atoms with E-state index < -0.39 is 16.6 Å². The number of hydrogen-bond acceptors (Lipinski definition) is 7. The second-order valence-corrected chi connectivity index (χ2v) is 8.18. The Morgan fingerprint density at radius 1 is 1.24 bits per heavy atom. The van der Waals surface area contributed by atoms with E-state index in [4.69, 9.17) is 10.00 Å². The van der Waals surface area contributed by atoms with Crippen LogP contribution >= 0.6 is 15.9 Å². The van der Waals surface area contributed by atoms with Crippen LogP contribution in [0.1, 0.15) is 22.5 Å². The van der Waals surface area contributed by atoms with Crippen LogP contribution < -0.4 is 4.74 Å². The van der Waals surface area contributed by atoms with Crippen molar-refractivity contribution in [3.05, 3.63) is 97.8 Å². The maximum absolute atomic E-state index is 14.2. The van der Waals surface area contributed by atoms with E-state index in [9.17, 15) is 14.5 Å². The smallest absolute Gasteiger partial charge is 0.406 e. The summed E-state index contributed by atoms with van der Waals surface area (Å²) in [6.45, 7) is -0.146. The molecule has 11 heteroatoms. The van der Waals surface area contributed by atoms with Crippen LogP contribution in [0, 0.1) is 27.3 Å². The largest absolute Gasteiger partial charge is 0.481 e. The minimum atomic E-state index is -0.644. The third-order valence-electron chi connectivity index (χ3n) is 5.03. The van der Waals surface area contributed by atoms with E-state index in [-0.39, 0.29) is 12.4 Å². The fourth-order valence-electron chi connectivity index (χ4n) is 3.47. The Balaban J connectivity index is 1.70. The molecule has 3 aromatic heterocycles. The quantitative estimate of drug-likeness (QED) is 0.254. The van der Waals surface area contributed by atoms with Crippen molar-refractivity contribution in [2.45, 2.75) is 13.0 Å². The summed E-state index contributed by atoms with van der Waals surface area (Å²) in [6.07, 6.45) is 3.36. The van der Waals surface area contributed by atoms with Gasteiger partial charge in [0.2, 0.25) is 5.75 Å². The van der Waals surface area contributed by atoms with E-state index in [0.717, 1.165) is 11.3 Å². The van der Waals surface area contributed by atoms with Crippen LogP contribution in [0.5, 0.6) is 5.75 Å². The van der Waals surface area contributed by atoms with Gasteiger partial charge < -0.3 is 14.9 Å². The summed E-state index contributed by atoms with van der Waals surface area (Å²) in [6, 6.07) is 13.1. The molecule has 0 radical (unpaired) electrons. The topological polar surface area (TPSA) is 120 Å². The lowest BCUT2D eigenvalue weighted by Crippen LogP contribution is -2.05. The molecule has 1 aromatic carbocycles. The van der Waals surface area contributed by atoms with Gasteiger partial charge in [0.1, 0.15) is 18.5 Å². The normalized spacial score (nSPS) is 10.6. The molecule has 0 amide bonds. The Morgan fingerprint density at radius 2 is 2.06 bits per heavy atom. The van der Waals surface area contributed by atoms with E-state index in [0.29, 0.717) is 33.4 Å². The Labute approximate surface area is 201 Å². The lowest BCUT2D eigenvalue weighted by molar-refractivity contribution is -0.390. The van der Waals surface area contributed by atoms with Crippen LogP contribution in [0.4, 0.5) is 10.2 Å². The minimum Gasteiger partial charge on any atom is -0.481 e. The van der Waals surface area contributed by atoms with Crippen molar-refractivity contribution in [3.63, 3.8) is 0 Å². The van der Waals surface area contributed by atoms with Gasteiger partial charge in [0, 0.05) is 42.6 Å². The number of pyridine rings is 2. The first-order valence-corrected chi connectivity index (χ1v) is 10.7. The summed E-state index contributed by atoms with van der Waals surface area (Å²) in [4.78, 5) is 18.9. The number of nitriles is 1. The van der Waals surface area contributed by atoms with Crippen molar-refractivity contribution in [2.24, 2.45) is 7.05 Å². The predicted octanol–water partition coefficient (Wildman–Crippen LogP) is 4.73. The molecule has 4 rings (SSSR count). The van der Waals surface area contributed by atoms with Gasteiger partial charge in [0.15, 0.2) is 11.9 Å². The average molecular weight is 523 g/mol. The number of ether oxygens (including phenoxy) is 1. The number of halogens is 2. The van der Waals surface area contributed by atoms with Crippen molar-refractivity contribution in [2.75, 3.05) is 0 Å². The molecule has 4 aromatic rings. The molecule has 0 N–H and O–H groups in total. The number of aromatic nitrogens is 4. The Morgan fingerprint density at radius 3 is 2.79 bits per heavy atom. The molecule has 0 aliphatic carbocycles. The number of benzene rings is 1. The SMILES string of the molecule is Cn1nc(C#N)cc1Cc1cccnc1-c1ccc(F)cc1COc1cc(Br)cnc1[N+](=O)[O-]. The molecule has 0 spiro atoms. The molecule has 0 unspecified atom stereocenters. The summed E-state index contributed by atoms with van der Waals surface area (Å²) in [7, 11) is 1.75. The Hall–Kier alpha value is -4.17. The first-order valence-electron chi connectivity index (χ1n) is 9.94. The maximum atomic E-state index is 14.2. The highest BCUT2D eigenvalue weighted by Crippen LogP contribution is 2.31. The van der Waals surface area contributed by atoms with E-state index in [2.05, 4.69) is 31.0 Å². The highest BCUT2D eigenvalue weighted by molar-refractivity contribution is 9.10. The van der Waals surface area contributed by atoms with E-state index in [1.807, 2.05) is 12.1 Å². The summed E-state index contributed by atoms with van der Waals surface area (Å²) < 4.78 is 22.0. The molecule has 170 valence electrons. The van der Waals surface area contributed by atoms with Crippen LogP contribution in [-0.2, 0) is 20.1 Å². The van der Waals surface area contributed by atoms with Gasteiger partial charge in [-0.3, -0.25) is 9.67 Å². The molecule has 34 heavy (non-hydrogen) atoms. The predicted molar refractivity (Wildman–Crippen MR) is 123 cm³/mol. The van der Waals surface area contributed by atoms with Crippen LogP contribution in [0.25, 0.3) is 11.3 Å². The summed E-state index contributed by atoms with van der Waals surface area (Å²) >= 11 is 3.23. The molecule has 0 saturated carbocycles. The van der Waals surface area contributed by atoms with Gasteiger partial charge >= 0.3 is 5.82 Å². The molecule has 0 saturated heterocycles. The van der Waals surface area contributed by atoms with Gasteiger partial charge in [0.05, 0.1) is 10.2 Å². The lowest BCUT2D eigenvalue weighted by Gasteiger charge is -2.14. The third-order valence-corrected chi connectivity index (χ3v) is 5.47. The molecule has 0 aliphatic heterocycles. The van der Waals surface area contributed by atoms with Gasteiger partial charge in [-0.2, -0.15) is 10.4 Å². The molecule has 9 nitrogen and oxygen atoms in total. The summed E-state index contributed by atoms with van der Waals surface area (Å²) in [5.41, 5.74) is 3.62. The zero-order valence-corrected chi connectivity index (χ0v) is 19.4. The number of nitro groups is 1. The highest BCUT2D eigenvalue weighted by Gasteiger charge is 2.20. The van der Waals surface area contributed by atoms with E-state index >= 15 is 0 Å². The monoisotopic (exact) mass is 522 g/mol. The molecular formula is C23H16BrFN6O3. The van der Waals surface area contributed by atoms with E-state index in [1.54, 1.807) is 36.1 Å². The Kier molecular flexibility index (Phi) is 6.60. The first kappa shape index (κ1) is 23.0. The third kappa shape index (κ3) is 4.92. The highest BCUT2D eigenvalue weighted by atomic mass is 79.9. The van der Waals surface area contributed by atoms with Gasteiger partial charge in [-0.05, 0) is 61.7 Å². The van der Waals surface area contributed by atoms with Gasteiger partial charge in [0.25, 0.3) is 0 Å². The standard InChI is InChI=1S/C23H16BrFN6O3/c1-30-19(10-18(11-26)29-30)8-14-3-2-6-27-22(14)20-5-4-17(25)7-15(20)13-34-21-9-16(24)12-28-23(21)31(32)33/h2-7,9-10,12H,8,13H2,1H3. The van der Waals surface area contributed by atoms with Crippen molar-refractivity contribution in [1.29, 1.82) is 5.26 Å². The fourth-order valence-corrected chi connectivity index (χ4v) is 3.78. The number of rotatable bonds is 7. The zero-order chi connectivity index (χ0) is 24.2. The van der Waals surface area contributed by atoms with Crippen LogP contribution in [0.2, 0.25) is 0 Å². The van der Waals surface area contributed by atoms with Crippen molar-refractivity contribution < 1.29 is 14.1 Å². The van der Waals surface area contributed by atoms with Crippen LogP contribution in [0.15, 0.2) is 59.3 Å². The second-order valence-electron chi connectivity index (χ2n) is 7.27. The Bertz CT molecular complexity index is 1430. The van der Waals surface area contributed by atoms with Gasteiger partial charge in [-0.1, -0.05) is 6.07 Å². The molecule has 0 aliphatic rings. The fraction of sp³-hybridized carbons (Fsp3) is 0.130. The second kappa shape index (κ2) is 9.76. The van der Waals surface area contributed by atoms with Crippen molar-refractivity contribution >= 4 is 21.7 Å². The minimum absolute atomic E-state index is 0.0465. The van der Waals surface area contributed by atoms with E-state index in [1.165, 1.54) is 24.4 Å².